The smallest absolute Gasteiger partial charge is 0.241 e. The molecule has 1 saturated heterocycles. The molecule has 1 amide bonds. The molecule has 1 aromatic rings. The second-order valence-corrected chi connectivity index (χ2v) is 9.67. The van der Waals surface area contributed by atoms with Crippen molar-refractivity contribution in [1.82, 2.24) is 15.5 Å². The van der Waals surface area contributed by atoms with Crippen LogP contribution in [0.4, 0.5) is 0 Å². The predicted molar refractivity (Wildman–Crippen MR) is 125 cm³/mol. The number of nitrogens with one attached hydrogen (secondary N) is 2. The number of likely N-dealkylation sites (N-methyl/N-ethyl adjacent to an activating group) is 1. The largest absolute Gasteiger partial charge is 0.381 e. The molecule has 7 heteroatoms. The van der Waals surface area contributed by atoms with Crippen LogP contribution < -0.4 is 10.6 Å². The van der Waals surface area contributed by atoms with Crippen LogP contribution in [0.3, 0.4) is 0 Å². The standard InChI is InChI=1S/C25H38N4O3/c1-29(2)24(30)16-27-25(28-23-14-20-7-8-21(23)13-20)26-15-18-3-5-19(6-4-18)17-32-22-9-11-31-12-10-22/h3-6,20-23H,7-17H2,1-2H3,(H2,26,27,28). The number of carbonyl (C=O) groups excluding carboxylic acids is 1. The Kier molecular flexibility index (Phi) is 8.03. The van der Waals surface area contributed by atoms with Crippen molar-refractivity contribution in [3.8, 4) is 0 Å². The molecule has 2 N–H and O–H groups in total. The van der Waals surface area contributed by atoms with Gasteiger partial charge in [-0.15, -0.1) is 0 Å². The van der Waals surface area contributed by atoms with Crippen molar-refractivity contribution in [2.75, 3.05) is 33.9 Å². The van der Waals surface area contributed by atoms with Crippen LogP contribution in [-0.4, -0.2) is 62.8 Å². The van der Waals surface area contributed by atoms with Gasteiger partial charge in [-0.05, 0) is 55.1 Å². The monoisotopic (exact) mass is 442 g/mol. The van der Waals surface area contributed by atoms with E-state index < -0.39 is 0 Å². The van der Waals surface area contributed by atoms with E-state index in [0.717, 1.165) is 49.4 Å². The zero-order valence-corrected chi connectivity index (χ0v) is 19.5. The summed E-state index contributed by atoms with van der Waals surface area (Å²) in [6.07, 6.45) is 7.50. The third kappa shape index (κ3) is 6.45. The molecular weight excluding hydrogens is 404 g/mol. The maximum atomic E-state index is 12.1. The normalized spacial score (nSPS) is 25.7. The number of hydrogen-bond donors (Lipinski definition) is 2. The molecule has 4 rings (SSSR count). The lowest BCUT2D eigenvalue weighted by atomic mass is 9.95. The highest BCUT2D eigenvalue weighted by molar-refractivity contribution is 5.86. The SMILES string of the molecule is CN(C)C(=O)CNC(=NCc1ccc(COC2CCOCC2)cc1)NC1CC2CCC1C2. The fourth-order valence-electron chi connectivity index (χ4n) is 5.04. The quantitative estimate of drug-likeness (QED) is 0.478. The number of rotatable bonds is 8. The topological polar surface area (TPSA) is 75.2 Å². The molecule has 0 aromatic heterocycles. The molecule has 32 heavy (non-hydrogen) atoms. The van der Waals surface area contributed by atoms with Crippen molar-refractivity contribution in [3.63, 3.8) is 0 Å². The van der Waals surface area contributed by atoms with E-state index in [1.165, 1.54) is 31.2 Å². The van der Waals surface area contributed by atoms with Gasteiger partial charge in [-0.1, -0.05) is 30.7 Å². The van der Waals surface area contributed by atoms with Crippen LogP contribution in [0.1, 0.15) is 49.7 Å². The summed E-state index contributed by atoms with van der Waals surface area (Å²) in [4.78, 5) is 18.5. The van der Waals surface area contributed by atoms with Gasteiger partial charge in [0.1, 0.15) is 0 Å². The van der Waals surface area contributed by atoms with Gasteiger partial charge in [0, 0.05) is 33.4 Å². The van der Waals surface area contributed by atoms with Gasteiger partial charge in [-0.2, -0.15) is 0 Å². The van der Waals surface area contributed by atoms with Crippen LogP contribution >= 0.6 is 0 Å². The number of guanidine groups is 1. The highest BCUT2D eigenvalue weighted by Gasteiger charge is 2.39. The molecule has 1 aromatic carbocycles. The Balaban J connectivity index is 1.31. The van der Waals surface area contributed by atoms with E-state index in [-0.39, 0.29) is 12.5 Å². The number of nitrogens with zero attached hydrogens (tertiary/aromatic N) is 2. The Bertz CT molecular complexity index is 774. The molecule has 3 fully saturated rings. The second kappa shape index (κ2) is 11.1. The Labute approximate surface area is 191 Å². The maximum absolute atomic E-state index is 12.1. The molecule has 1 aliphatic heterocycles. The first-order chi connectivity index (χ1) is 15.6. The zero-order chi connectivity index (χ0) is 22.3. The minimum absolute atomic E-state index is 0.0429. The molecule has 3 atom stereocenters. The van der Waals surface area contributed by atoms with Crippen LogP contribution in [0.25, 0.3) is 0 Å². The maximum Gasteiger partial charge on any atom is 0.241 e. The molecule has 3 aliphatic rings. The fraction of sp³-hybridized carbons (Fsp3) is 0.680. The van der Waals surface area contributed by atoms with Crippen molar-refractivity contribution >= 4 is 11.9 Å². The van der Waals surface area contributed by atoms with E-state index in [2.05, 4.69) is 34.9 Å². The molecule has 3 unspecified atom stereocenters. The first kappa shape index (κ1) is 23.1. The minimum atomic E-state index is 0.0429. The summed E-state index contributed by atoms with van der Waals surface area (Å²) in [5, 5.41) is 6.86. The number of aliphatic imine (C=N–C) groups is 1. The van der Waals surface area contributed by atoms with Gasteiger partial charge in [0.15, 0.2) is 5.96 Å². The Hall–Kier alpha value is -2.12. The number of ether oxygens (including phenoxy) is 2. The van der Waals surface area contributed by atoms with Crippen molar-refractivity contribution < 1.29 is 14.3 Å². The molecule has 0 spiro atoms. The summed E-state index contributed by atoms with van der Waals surface area (Å²) in [6, 6.07) is 8.95. The van der Waals surface area contributed by atoms with Gasteiger partial charge in [0.2, 0.25) is 5.91 Å². The molecule has 2 aliphatic carbocycles. The van der Waals surface area contributed by atoms with Gasteiger partial charge < -0.3 is 25.0 Å². The van der Waals surface area contributed by atoms with Gasteiger partial charge in [-0.25, -0.2) is 4.99 Å². The van der Waals surface area contributed by atoms with E-state index >= 15 is 0 Å². The molecule has 1 heterocycles. The molecule has 0 radical (unpaired) electrons. The Morgan fingerprint density at radius 3 is 2.50 bits per heavy atom. The lowest BCUT2D eigenvalue weighted by molar-refractivity contribution is -0.127. The van der Waals surface area contributed by atoms with Crippen molar-refractivity contribution in [2.45, 2.75) is 63.8 Å². The third-order valence-electron chi connectivity index (χ3n) is 7.06. The summed E-state index contributed by atoms with van der Waals surface area (Å²) < 4.78 is 11.4. The van der Waals surface area contributed by atoms with E-state index in [1.54, 1.807) is 19.0 Å². The number of amides is 1. The van der Waals surface area contributed by atoms with Crippen LogP contribution in [0.15, 0.2) is 29.3 Å². The lowest BCUT2D eigenvalue weighted by Gasteiger charge is -2.25. The van der Waals surface area contributed by atoms with E-state index in [1.807, 2.05) is 0 Å². The van der Waals surface area contributed by atoms with Crippen molar-refractivity contribution in [1.29, 1.82) is 0 Å². The van der Waals surface area contributed by atoms with Gasteiger partial charge in [0.05, 0.1) is 25.8 Å². The van der Waals surface area contributed by atoms with Crippen LogP contribution in [-0.2, 0) is 27.4 Å². The van der Waals surface area contributed by atoms with E-state index in [0.29, 0.717) is 25.3 Å². The highest BCUT2D eigenvalue weighted by atomic mass is 16.5. The molecule has 2 bridgehead atoms. The van der Waals surface area contributed by atoms with Gasteiger partial charge in [-0.3, -0.25) is 4.79 Å². The number of carbonyl (C=O) groups is 1. The highest BCUT2D eigenvalue weighted by Crippen LogP contribution is 2.44. The second-order valence-electron chi connectivity index (χ2n) is 9.67. The zero-order valence-electron chi connectivity index (χ0n) is 19.5. The number of benzene rings is 1. The molecular formula is C25H38N4O3. The Morgan fingerprint density at radius 2 is 1.84 bits per heavy atom. The number of hydrogen-bond acceptors (Lipinski definition) is 4. The summed E-state index contributed by atoms with van der Waals surface area (Å²) in [7, 11) is 3.55. The summed E-state index contributed by atoms with van der Waals surface area (Å²) >= 11 is 0. The van der Waals surface area contributed by atoms with Gasteiger partial charge >= 0.3 is 0 Å². The minimum Gasteiger partial charge on any atom is -0.381 e. The van der Waals surface area contributed by atoms with E-state index in [9.17, 15) is 4.79 Å². The van der Waals surface area contributed by atoms with E-state index in [4.69, 9.17) is 14.5 Å². The summed E-state index contributed by atoms with van der Waals surface area (Å²) in [5.41, 5.74) is 2.33. The summed E-state index contributed by atoms with van der Waals surface area (Å²) in [5.74, 6) is 2.38. The first-order valence-electron chi connectivity index (χ1n) is 12.1. The molecule has 7 nitrogen and oxygen atoms in total. The Morgan fingerprint density at radius 1 is 1.09 bits per heavy atom. The van der Waals surface area contributed by atoms with Crippen molar-refractivity contribution in [2.24, 2.45) is 16.8 Å². The third-order valence-corrected chi connectivity index (χ3v) is 7.06. The van der Waals surface area contributed by atoms with Crippen molar-refractivity contribution in [3.05, 3.63) is 35.4 Å². The first-order valence-corrected chi connectivity index (χ1v) is 12.1. The van der Waals surface area contributed by atoms with Crippen LogP contribution in [0, 0.1) is 11.8 Å². The summed E-state index contributed by atoms with van der Waals surface area (Å²) in [6.45, 7) is 3.07. The fourth-order valence-corrected chi connectivity index (χ4v) is 5.04. The number of fused-ring (bicyclic) bond motifs is 2. The molecule has 176 valence electrons. The average molecular weight is 443 g/mol. The molecule has 2 saturated carbocycles. The predicted octanol–water partition coefficient (Wildman–Crippen LogP) is 2.69. The van der Waals surface area contributed by atoms with Crippen LogP contribution in [0.5, 0.6) is 0 Å². The average Bonchev–Trinajstić information content (AvgIpc) is 3.44. The lowest BCUT2D eigenvalue weighted by Crippen LogP contribution is -2.48. The van der Waals surface area contributed by atoms with Gasteiger partial charge in [0.25, 0.3) is 0 Å². The van der Waals surface area contributed by atoms with Crippen LogP contribution in [0.2, 0.25) is 0 Å².